The number of ether oxygens (including phenoxy) is 4. The molecule has 1 aliphatic heterocycles. The molecule has 18 nitrogen and oxygen atoms in total. The monoisotopic (exact) mass is 987 g/mol. The van der Waals surface area contributed by atoms with Gasteiger partial charge in [-0.05, 0) is 145 Å². The highest BCUT2D eigenvalue weighted by Crippen LogP contribution is 2.23. The standard InChI is InChI=1S/C52H86N6O12/c1-17-32(4)42(53)47(65)58-28-18-19-39(58)46(64)55-36(25-27-41(60)69-51(11,12)13)43(61)54-35(24-26-40(59)68-50(8,9)10)44(62)56-37(30-33-20-22-34(23-21-33)67-49(5,6)7)45(63)57-38(29-31(2)3)48(66)70-52(14,15)16/h20-23,31-32,35-39,42H,17-19,24-30,53H2,1-16H3,(H,54,61)(H,55,64)(H,56,62)(H,57,63)/t32-,35-,36-,37-,38-,39-,42-/m0/s1. The van der Waals surface area contributed by atoms with Crippen LogP contribution in [-0.4, -0.2) is 118 Å². The molecule has 0 bridgehead atoms. The quantitative estimate of drug-likeness (QED) is 0.0687. The summed E-state index contributed by atoms with van der Waals surface area (Å²) in [5.74, 6) is -5.12. The molecule has 18 heteroatoms. The van der Waals surface area contributed by atoms with Crippen LogP contribution in [0, 0.1) is 11.8 Å². The van der Waals surface area contributed by atoms with Gasteiger partial charge in [-0.2, -0.15) is 0 Å². The van der Waals surface area contributed by atoms with E-state index in [9.17, 15) is 38.4 Å². The summed E-state index contributed by atoms with van der Waals surface area (Å²) in [6, 6.07) is -0.220. The van der Waals surface area contributed by atoms with Gasteiger partial charge in [0.25, 0.3) is 0 Å². The van der Waals surface area contributed by atoms with Crippen LogP contribution in [0.15, 0.2) is 24.3 Å². The minimum absolute atomic E-state index is 0.0445. The van der Waals surface area contributed by atoms with Crippen molar-refractivity contribution in [1.29, 1.82) is 0 Å². The second-order valence-electron chi connectivity index (χ2n) is 22.8. The summed E-state index contributed by atoms with van der Waals surface area (Å²) in [5, 5.41) is 11.0. The van der Waals surface area contributed by atoms with Crippen molar-refractivity contribution in [3.8, 4) is 5.75 Å². The van der Waals surface area contributed by atoms with Gasteiger partial charge in [0.05, 0.1) is 6.04 Å². The average molecular weight is 987 g/mol. The molecule has 0 aromatic heterocycles. The van der Waals surface area contributed by atoms with Crippen LogP contribution < -0.4 is 31.7 Å². The molecule has 70 heavy (non-hydrogen) atoms. The lowest BCUT2D eigenvalue weighted by atomic mass is 9.98. The van der Waals surface area contributed by atoms with Crippen LogP contribution >= 0.6 is 0 Å². The molecule has 1 fully saturated rings. The second-order valence-corrected chi connectivity index (χ2v) is 22.8. The lowest BCUT2D eigenvalue weighted by Crippen LogP contribution is -2.59. The third kappa shape index (κ3) is 22.7. The number of hydrogen-bond acceptors (Lipinski definition) is 13. The van der Waals surface area contributed by atoms with E-state index in [2.05, 4.69) is 21.3 Å². The molecule has 1 heterocycles. The van der Waals surface area contributed by atoms with Gasteiger partial charge in [0, 0.05) is 25.8 Å². The summed E-state index contributed by atoms with van der Waals surface area (Å²) in [5.41, 5.74) is 3.84. The van der Waals surface area contributed by atoms with Crippen molar-refractivity contribution < 1.29 is 57.3 Å². The van der Waals surface area contributed by atoms with Crippen LogP contribution in [0.5, 0.6) is 5.75 Å². The maximum atomic E-state index is 14.6. The Morgan fingerprint density at radius 3 is 1.56 bits per heavy atom. The van der Waals surface area contributed by atoms with E-state index in [0.717, 1.165) is 0 Å². The number of rotatable bonds is 23. The molecule has 0 spiro atoms. The van der Waals surface area contributed by atoms with Gasteiger partial charge in [0.15, 0.2) is 0 Å². The highest BCUT2D eigenvalue weighted by atomic mass is 16.6. The number of carbonyl (C=O) groups excluding carboxylic acids is 8. The number of hydrogen-bond donors (Lipinski definition) is 5. The summed E-state index contributed by atoms with van der Waals surface area (Å²) in [7, 11) is 0. The predicted molar refractivity (Wildman–Crippen MR) is 266 cm³/mol. The maximum absolute atomic E-state index is 14.6. The van der Waals surface area contributed by atoms with E-state index >= 15 is 0 Å². The Balaban J connectivity index is 2.63. The summed E-state index contributed by atoms with van der Waals surface area (Å²) in [6.07, 6.45) is 0.377. The van der Waals surface area contributed by atoms with Crippen LogP contribution in [0.1, 0.15) is 168 Å². The molecule has 0 radical (unpaired) electrons. The van der Waals surface area contributed by atoms with Gasteiger partial charge in [-0.25, -0.2) is 4.79 Å². The molecule has 5 amide bonds. The van der Waals surface area contributed by atoms with Crippen molar-refractivity contribution in [2.45, 2.75) is 227 Å². The normalized spacial score (nSPS) is 16.9. The lowest BCUT2D eigenvalue weighted by molar-refractivity contribution is -0.159. The van der Waals surface area contributed by atoms with Gasteiger partial charge in [0.1, 0.15) is 58.4 Å². The second kappa shape index (κ2) is 26.3. The van der Waals surface area contributed by atoms with E-state index in [0.29, 0.717) is 30.6 Å². The molecule has 1 aromatic rings. The van der Waals surface area contributed by atoms with Crippen molar-refractivity contribution >= 4 is 47.4 Å². The summed E-state index contributed by atoms with van der Waals surface area (Å²) in [6.45, 7) is 28.8. The maximum Gasteiger partial charge on any atom is 0.329 e. The van der Waals surface area contributed by atoms with Gasteiger partial charge in [-0.1, -0.05) is 46.2 Å². The molecule has 396 valence electrons. The molecule has 2 rings (SSSR count). The minimum Gasteiger partial charge on any atom is -0.488 e. The van der Waals surface area contributed by atoms with Crippen LogP contribution in [0.4, 0.5) is 0 Å². The molecule has 1 aromatic carbocycles. The number of carbonyl (C=O) groups is 8. The molecular formula is C52H86N6O12. The SMILES string of the molecule is CC[C@H](C)[C@H](N)C(=O)N1CCC[C@H]1C(=O)N[C@@H](CCC(=O)OC(C)(C)C)C(=O)N[C@@H](CCC(=O)OC(C)(C)C)C(=O)N[C@@H](Cc1ccc(OC(C)(C)C)cc1)C(=O)N[C@@H](CC(C)C)C(=O)OC(C)(C)C. The number of nitrogens with one attached hydrogen (secondary N) is 4. The average Bonchev–Trinajstić information content (AvgIpc) is 3.71. The molecule has 1 saturated heterocycles. The highest BCUT2D eigenvalue weighted by molar-refractivity contribution is 5.97. The van der Waals surface area contributed by atoms with Crippen molar-refractivity contribution in [1.82, 2.24) is 26.2 Å². The lowest BCUT2D eigenvalue weighted by Gasteiger charge is -2.30. The summed E-state index contributed by atoms with van der Waals surface area (Å²) in [4.78, 5) is 112. The Bertz CT molecular complexity index is 1940. The van der Waals surface area contributed by atoms with E-state index in [1.165, 1.54) is 4.90 Å². The highest BCUT2D eigenvalue weighted by Gasteiger charge is 2.40. The zero-order chi connectivity index (χ0) is 53.5. The molecule has 0 aliphatic carbocycles. The molecule has 6 N–H and O–H groups in total. The Morgan fingerprint density at radius 2 is 1.10 bits per heavy atom. The number of likely N-dealkylation sites (tertiary alicyclic amines) is 1. The first-order valence-electron chi connectivity index (χ1n) is 24.8. The molecular weight excluding hydrogens is 901 g/mol. The minimum atomic E-state index is -1.51. The number of nitrogens with two attached hydrogens (primary N) is 1. The first kappa shape index (κ1) is 60.9. The van der Waals surface area contributed by atoms with Crippen molar-refractivity contribution in [2.75, 3.05) is 6.54 Å². The van der Waals surface area contributed by atoms with Crippen LogP contribution in [0.2, 0.25) is 0 Å². The molecule has 0 saturated carbocycles. The Morgan fingerprint density at radius 1 is 0.643 bits per heavy atom. The van der Waals surface area contributed by atoms with E-state index in [1.807, 2.05) is 48.5 Å². The van der Waals surface area contributed by atoms with Gasteiger partial charge in [-0.15, -0.1) is 0 Å². The zero-order valence-electron chi connectivity index (χ0n) is 44.9. The summed E-state index contributed by atoms with van der Waals surface area (Å²) < 4.78 is 22.7. The first-order valence-corrected chi connectivity index (χ1v) is 24.8. The fourth-order valence-electron chi connectivity index (χ4n) is 7.47. The van der Waals surface area contributed by atoms with E-state index in [4.69, 9.17) is 24.7 Å². The first-order chi connectivity index (χ1) is 32.1. The van der Waals surface area contributed by atoms with Crippen molar-refractivity contribution in [3.05, 3.63) is 29.8 Å². The Labute approximate surface area is 416 Å². The van der Waals surface area contributed by atoms with Gasteiger partial charge in [0.2, 0.25) is 29.5 Å². The fraction of sp³-hybridized carbons (Fsp3) is 0.731. The number of esters is 3. The van der Waals surface area contributed by atoms with Crippen molar-refractivity contribution in [3.63, 3.8) is 0 Å². The van der Waals surface area contributed by atoms with Crippen LogP contribution in [0.3, 0.4) is 0 Å². The third-order valence-corrected chi connectivity index (χ3v) is 10.9. The fourth-order valence-corrected chi connectivity index (χ4v) is 7.47. The Kier molecular flexibility index (Phi) is 22.8. The predicted octanol–water partition coefficient (Wildman–Crippen LogP) is 5.34. The smallest absolute Gasteiger partial charge is 0.329 e. The van der Waals surface area contributed by atoms with Gasteiger partial charge >= 0.3 is 17.9 Å². The van der Waals surface area contributed by atoms with E-state index < -0.39 is 106 Å². The largest absolute Gasteiger partial charge is 0.488 e. The van der Waals surface area contributed by atoms with Crippen LogP contribution in [-0.2, 0) is 59.0 Å². The third-order valence-electron chi connectivity index (χ3n) is 10.9. The number of amides is 5. The van der Waals surface area contributed by atoms with Crippen LogP contribution in [0.25, 0.3) is 0 Å². The molecule has 0 unspecified atom stereocenters. The van der Waals surface area contributed by atoms with Crippen molar-refractivity contribution in [2.24, 2.45) is 17.6 Å². The number of benzene rings is 1. The molecule has 1 aliphatic rings. The number of nitrogens with zero attached hydrogens (tertiary/aromatic N) is 1. The van der Waals surface area contributed by atoms with E-state index in [-0.39, 0.29) is 56.9 Å². The summed E-state index contributed by atoms with van der Waals surface area (Å²) >= 11 is 0. The zero-order valence-corrected chi connectivity index (χ0v) is 44.9. The van der Waals surface area contributed by atoms with Gasteiger partial charge < -0.3 is 50.8 Å². The Hall–Kier alpha value is -5.26. The van der Waals surface area contributed by atoms with E-state index in [1.54, 1.807) is 86.6 Å². The molecule has 7 atom stereocenters. The topological polar surface area (TPSA) is 251 Å². The van der Waals surface area contributed by atoms with Gasteiger partial charge in [-0.3, -0.25) is 33.6 Å².